The van der Waals surface area contributed by atoms with Crippen LogP contribution in [0.25, 0.3) is 0 Å². The Hall–Kier alpha value is -2.66. The molecule has 2 aromatic rings. The molecule has 2 N–H and O–H groups in total. The van der Waals surface area contributed by atoms with Crippen LogP contribution in [0.1, 0.15) is 35.0 Å². The monoisotopic (exact) mass is 339 g/mol. The third-order valence-corrected chi connectivity index (χ3v) is 4.68. The lowest BCUT2D eigenvalue weighted by Crippen LogP contribution is -2.51. The van der Waals surface area contributed by atoms with Gasteiger partial charge in [-0.2, -0.15) is 0 Å². The average Bonchev–Trinajstić information content (AvgIpc) is 2.64. The fourth-order valence-electron chi connectivity index (χ4n) is 3.06. The standard InChI is InChI=1S/C20H22N2O3/c1-22-13-11-20(12-14-22,18(23)15-5-3-2-4-6-15)25-19(24)16-7-9-17(21)10-8-16/h2-10H,11-14,21H2,1H3/p+1. The number of esters is 1. The van der Waals surface area contributed by atoms with Crippen molar-refractivity contribution in [1.29, 1.82) is 0 Å². The van der Waals surface area contributed by atoms with Crippen LogP contribution in [-0.4, -0.2) is 42.4 Å². The number of likely N-dealkylation sites (tertiary alicyclic amines) is 1. The Labute approximate surface area is 148 Å². The molecule has 3 rings (SSSR count). The number of ketones is 1. The van der Waals surface area contributed by atoms with E-state index in [9.17, 15) is 9.59 Å². The highest BCUT2D eigenvalue weighted by molar-refractivity contribution is 6.04. The minimum atomic E-state index is -1.12. The van der Waals surface area contributed by atoms with Crippen LogP contribution in [-0.2, 0) is 4.74 Å². The summed E-state index contributed by atoms with van der Waals surface area (Å²) in [5.41, 5.74) is 6.08. The van der Waals surface area contributed by atoms with Gasteiger partial charge in [-0.1, -0.05) is 30.3 Å². The molecule has 1 aliphatic rings. The van der Waals surface area contributed by atoms with Crippen molar-refractivity contribution in [2.24, 2.45) is 0 Å². The first-order valence-electron chi connectivity index (χ1n) is 8.37. The fraction of sp³-hybridized carbons (Fsp3) is 0.300. The van der Waals surface area contributed by atoms with Crippen molar-refractivity contribution >= 4 is 17.4 Å². The predicted molar refractivity (Wildman–Crippen MR) is 97.6 cm³/mol. The molecule has 130 valence electrons. The largest absolute Gasteiger partial charge is 1.00 e. The Balaban J connectivity index is 0.00000243. The molecular weight excluding hydrogens is 316 g/mol. The summed E-state index contributed by atoms with van der Waals surface area (Å²) in [5.74, 6) is -0.626. The van der Waals surface area contributed by atoms with Crippen LogP contribution < -0.4 is 5.73 Å². The molecule has 1 fully saturated rings. The Bertz CT molecular complexity index is 754. The maximum atomic E-state index is 13.1. The highest BCUT2D eigenvalue weighted by Crippen LogP contribution is 2.31. The molecular formula is C20H23N2O3+. The smallest absolute Gasteiger partial charge is 0.447 e. The number of nitrogens with zero attached hydrogens (tertiary/aromatic N) is 1. The number of benzene rings is 2. The fourth-order valence-corrected chi connectivity index (χ4v) is 3.06. The number of hydrogen-bond donors (Lipinski definition) is 1. The quantitative estimate of drug-likeness (QED) is 0.527. The predicted octanol–water partition coefficient (Wildman–Crippen LogP) is 2.89. The van der Waals surface area contributed by atoms with Crippen molar-refractivity contribution < 1.29 is 15.8 Å². The van der Waals surface area contributed by atoms with E-state index in [2.05, 4.69) is 4.90 Å². The van der Waals surface area contributed by atoms with Gasteiger partial charge in [0.25, 0.3) is 0 Å². The zero-order chi connectivity index (χ0) is 17.9. The minimum Gasteiger partial charge on any atom is -0.447 e. The molecule has 5 heteroatoms. The van der Waals surface area contributed by atoms with E-state index in [1.807, 2.05) is 25.2 Å². The number of carbonyl (C=O) groups excluding carboxylic acids is 2. The Morgan fingerprint density at radius 1 is 1.00 bits per heavy atom. The second-order valence-corrected chi connectivity index (χ2v) is 6.50. The second-order valence-electron chi connectivity index (χ2n) is 6.50. The lowest BCUT2D eigenvalue weighted by Gasteiger charge is -2.38. The number of hydrogen-bond acceptors (Lipinski definition) is 5. The van der Waals surface area contributed by atoms with Gasteiger partial charge in [0.15, 0.2) is 5.60 Å². The van der Waals surface area contributed by atoms with E-state index in [1.165, 1.54) is 0 Å². The maximum Gasteiger partial charge on any atom is 1.00 e. The van der Waals surface area contributed by atoms with Gasteiger partial charge >= 0.3 is 7.40 Å². The minimum absolute atomic E-state index is 0. The molecule has 0 aliphatic carbocycles. The van der Waals surface area contributed by atoms with E-state index in [0.717, 1.165) is 0 Å². The summed E-state index contributed by atoms with van der Waals surface area (Å²) in [6.45, 7) is 1.40. The van der Waals surface area contributed by atoms with Crippen LogP contribution in [0.4, 0.5) is 5.69 Å². The summed E-state index contributed by atoms with van der Waals surface area (Å²) < 4.78 is 5.81. The number of rotatable bonds is 4. The molecule has 1 heterocycles. The maximum absolute atomic E-state index is 13.1. The first kappa shape index (κ1) is 17.2. The first-order chi connectivity index (χ1) is 12.0. The third kappa shape index (κ3) is 3.72. The topological polar surface area (TPSA) is 72.6 Å². The van der Waals surface area contributed by atoms with Crippen molar-refractivity contribution in [3.63, 3.8) is 0 Å². The zero-order valence-electron chi connectivity index (χ0n) is 15.3. The molecule has 1 aliphatic heterocycles. The SMILES string of the molecule is CN1CCC(OC(=O)c2ccc(N)cc2)(C(=O)c2ccccc2)CC1.[H+]. The van der Waals surface area contributed by atoms with E-state index in [0.29, 0.717) is 42.7 Å². The van der Waals surface area contributed by atoms with Crippen molar-refractivity contribution in [2.75, 3.05) is 25.9 Å². The molecule has 0 radical (unpaired) electrons. The molecule has 0 aromatic heterocycles. The number of nitrogens with two attached hydrogens (primary N) is 1. The van der Waals surface area contributed by atoms with Gasteiger partial charge in [-0.3, -0.25) is 4.79 Å². The van der Waals surface area contributed by atoms with Gasteiger partial charge in [0.1, 0.15) is 0 Å². The van der Waals surface area contributed by atoms with E-state index in [-0.39, 0.29) is 7.21 Å². The van der Waals surface area contributed by atoms with Crippen molar-refractivity contribution in [3.8, 4) is 0 Å². The van der Waals surface area contributed by atoms with E-state index >= 15 is 0 Å². The number of nitrogen functional groups attached to an aromatic ring is 1. The van der Waals surface area contributed by atoms with Gasteiger partial charge in [0.05, 0.1) is 5.56 Å². The van der Waals surface area contributed by atoms with E-state index < -0.39 is 11.6 Å². The second kappa shape index (κ2) is 7.07. The summed E-state index contributed by atoms with van der Waals surface area (Å²) in [4.78, 5) is 27.9. The number of ether oxygens (including phenoxy) is 1. The molecule has 2 aromatic carbocycles. The summed E-state index contributed by atoms with van der Waals surface area (Å²) in [6, 6.07) is 15.6. The van der Waals surface area contributed by atoms with Gasteiger partial charge in [-0.15, -0.1) is 0 Å². The summed E-state index contributed by atoms with van der Waals surface area (Å²) in [7, 11) is 2.00. The third-order valence-electron chi connectivity index (χ3n) is 4.68. The normalized spacial score (nSPS) is 17.0. The number of anilines is 1. The molecule has 0 unspecified atom stereocenters. The highest BCUT2D eigenvalue weighted by atomic mass is 16.6. The van der Waals surface area contributed by atoms with Gasteiger partial charge < -0.3 is 15.4 Å². The number of piperidine rings is 1. The first-order valence-corrected chi connectivity index (χ1v) is 8.37. The molecule has 0 atom stereocenters. The van der Waals surface area contributed by atoms with Crippen molar-refractivity contribution in [3.05, 3.63) is 65.7 Å². The van der Waals surface area contributed by atoms with Gasteiger partial charge in [0, 0.05) is 37.2 Å². The number of carbonyl (C=O) groups is 2. The average molecular weight is 339 g/mol. The van der Waals surface area contributed by atoms with Crippen LogP contribution in [0.5, 0.6) is 0 Å². The molecule has 25 heavy (non-hydrogen) atoms. The summed E-state index contributed by atoms with van der Waals surface area (Å²) >= 11 is 0. The Morgan fingerprint density at radius 3 is 2.20 bits per heavy atom. The van der Waals surface area contributed by atoms with Gasteiger partial charge in [0.2, 0.25) is 5.78 Å². The van der Waals surface area contributed by atoms with E-state index in [4.69, 9.17) is 10.5 Å². The Kier molecular flexibility index (Phi) is 4.86. The summed E-state index contributed by atoms with van der Waals surface area (Å²) in [5, 5.41) is 0. The lowest BCUT2D eigenvalue weighted by atomic mass is 9.83. The van der Waals surface area contributed by atoms with Crippen LogP contribution in [0, 0.1) is 0 Å². The zero-order valence-corrected chi connectivity index (χ0v) is 14.3. The molecule has 0 spiro atoms. The van der Waals surface area contributed by atoms with Crippen molar-refractivity contribution in [1.82, 2.24) is 4.90 Å². The lowest BCUT2D eigenvalue weighted by molar-refractivity contribution is -0.0327. The molecule has 5 nitrogen and oxygen atoms in total. The molecule has 1 saturated heterocycles. The van der Waals surface area contributed by atoms with Crippen LogP contribution >= 0.6 is 0 Å². The van der Waals surface area contributed by atoms with Gasteiger partial charge in [-0.25, -0.2) is 4.79 Å². The van der Waals surface area contributed by atoms with Crippen LogP contribution in [0.2, 0.25) is 0 Å². The molecule has 0 bridgehead atoms. The van der Waals surface area contributed by atoms with Crippen LogP contribution in [0.3, 0.4) is 0 Å². The molecule has 0 amide bonds. The van der Waals surface area contributed by atoms with Gasteiger partial charge in [-0.05, 0) is 31.3 Å². The molecule has 0 saturated carbocycles. The van der Waals surface area contributed by atoms with Crippen molar-refractivity contribution in [2.45, 2.75) is 18.4 Å². The van der Waals surface area contributed by atoms with Crippen LogP contribution in [0.15, 0.2) is 54.6 Å². The Morgan fingerprint density at radius 2 is 1.60 bits per heavy atom. The highest BCUT2D eigenvalue weighted by Gasteiger charge is 2.44. The van der Waals surface area contributed by atoms with E-state index in [1.54, 1.807) is 36.4 Å². The number of Topliss-reactive ketones (excluding diaryl/α,β-unsaturated/α-hetero) is 1. The summed E-state index contributed by atoms with van der Waals surface area (Å²) in [6.07, 6.45) is 0.968.